The molecule has 0 aliphatic heterocycles. The summed E-state index contributed by atoms with van der Waals surface area (Å²) in [6.45, 7) is 6.64. The Balaban J connectivity index is 3.81. The Morgan fingerprint density at radius 3 is 1.92 bits per heavy atom. The molecule has 1 unspecified atom stereocenters. The molecule has 0 aromatic carbocycles. The molecule has 0 fully saturated rings. The van der Waals surface area contributed by atoms with E-state index >= 15 is 0 Å². The fourth-order valence-electron chi connectivity index (χ4n) is 1.30. The molecule has 0 amide bonds. The summed E-state index contributed by atoms with van der Waals surface area (Å²) >= 11 is -1.16. The van der Waals surface area contributed by atoms with Crippen LogP contribution in [0.15, 0.2) is 0 Å². The summed E-state index contributed by atoms with van der Waals surface area (Å²) in [6.07, 6.45) is 5.31. The van der Waals surface area contributed by atoms with Crippen molar-refractivity contribution in [2.24, 2.45) is 0 Å². The van der Waals surface area contributed by atoms with Crippen LogP contribution in [-0.4, -0.2) is 20.2 Å². The van der Waals surface area contributed by atoms with Crippen molar-refractivity contribution in [3.63, 3.8) is 0 Å². The molecule has 2 heteroatoms. The van der Waals surface area contributed by atoms with Crippen molar-refractivity contribution in [3.05, 3.63) is 0 Å². The van der Waals surface area contributed by atoms with E-state index in [-0.39, 0.29) is 0 Å². The van der Waals surface area contributed by atoms with Gasteiger partial charge in [-0.25, -0.2) is 0 Å². The number of unbranched alkanes of at least 4 members (excludes halogenated alkanes) is 2. The van der Waals surface area contributed by atoms with Crippen LogP contribution < -0.4 is 0 Å². The number of nitrogens with zero attached hydrogens (tertiary/aromatic N) is 1. The van der Waals surface area contributed by atoms with Gasteiger partial charge in [-0.1, -0.05) is 0 Å². The molecule has 0 radical (unpaired) electrons. The molecule has 76 valence electrons. The first-order valence-electron chi connectivity index (χ1n) is 5.39. The third-order valence-electron chi connectivity index (χ3n) is 2.33. The van der Waals surface area contributed by atoms with Crippen molar-refractivity contribution < 1.29 is 0 Å². The Morgan fingerprint density at radius 2 is 1.62 bits per heavy atom. The second-order valence-corrected chi connectivity index (χ2v) is 11.7. The zero-order valence-electron chi connectivity index (χ0n) is 9.21. The zero-order chi connectivity index (χ0) is 10.1. The van der Waals surface area contributed by atoms with Crippen LogP contribution in [0.25, 0.3) is 0 Å². The van der Waals surface area contributed by atoms with E-state index in [1.54, 1.807) is 0 Å². The predicted molar refractivity (Wildman–Crippen MR) is 60.2 cm³/mol. The van der Waals surface area contributed by atoms with Gasteiger partial charge in [-0.05, 0) is 0 Å². The van der Waals surface area contributed by atoms with Crippen molar-refractivity contribution in [2.75, 3.05) is 0 Å². The van der Waals surface area contributed by atoms with Crippen molar-refractivity contribution in [2.45, 2.75) is 59.1 Å². The molecule has 0 aliphatic rings. The van der Waals surface area contributed by atoms with Crippen LogP contribution in [0.4, 0.5) is 0 Å². The average Bonchev–Trinajstić information content (AvgIpc) is 2.17. The number of nitriles is 1. The summed E-state index contributed by atoms with van der Waals surface area (Å²) in [4.78, 5) is 0. The Labute approximate surface area is 90.5 Å². The monoisotopic (exact) mass is 289 g/mol. The molecule has 0 saturated heterocycles. The average molecular weight is 290 g/mol. The Morgan fingerprint density at radius 1 is 1.15 bits per heavy atom. The fraction of sp³-hybridized carbons (Fsp3) is 0.909. The number of rotatable bonds is 7. The molecule has 0 heterocycles. The van der Waals surface area contributed by atoms with Gasteiger partial charge in [-0.2, -0.15) is 0 Å². The van der Waals surface area contributed by atoms with Gasteiger partial charge in [0.25, 0.3) is 0 Å². The first-order chi connectivity index (χ1) is 6.26. The molecule has 1 atom stereocenters. The summed E-state index contributed by atoms with van der Waals surface area (Å²) in [7, 11) is 0. The Hall–Kier alpha value is 0.308. The Bertz CT molecular complexity index is 143. The first kappa shape index (κ1) is 13.3. The molecular weight excluding hydrogens is 268 g/mol. The minimum absolute atomic E-state index is 0.432. The third kappa shape index (κ3) is 6.39. The number of hydrogen-bond acceptors (Lipinski definition) is 1. The van der Waals surface area contributed by atoms with Gasteiger partial charge in [0.1, 0.15) is 0 Å². The van der Waals surface area contributed by atoms with E-state index in [0.29, 0.717) is 3.86 Å². The van der Waals surface area contributed by atoms with E-state index in [2.05, 4.69) is 26.8 Å². The van der Waals surface area contributed by atoms with Crippen LogP contribution in [0.5, 0.6) is 0 Å². The molecule has 0 saturated carbocycles. The second-order valence-electron chi connectivity index (χ2n) is 3.55. The zero-order valence-corrected chi connectivity index (χ0v) is 11.8. The normalized spacial score (nSPS) is 12.8. The maximum atomic E-state index is 8.90. The van der Waals surface area contributed by atoms with E-state index < -0.39 is 20.2 Å². The topological polar surface area (TPSA) is 23.8 Å². The molecule has 0 bridgehead atoms. The summed E-state index contributed by atoms with van der Waals surface area (Å²) in [5.41, 5.74) is 0. The molecular formula is C11H22NSb. The Kier molecular flexibility index (Phi) is 9.10. The van der Waals surface area contributed by atoms with Gasteiger partial charge in [-0.15, -0.1) is 0 Å². The van der Waals surface area contributed by atoms with Crippen molar-refractivity contribution in [1.29, 1.82) is 5.26 Å². The second kappa shape index (κ2) is 8.89. The minimum atomic E-state index is -1.16. The summed E-state index contributed by atoms with van der Waals surface area (Å²) in [5, 5.41) is 8.90. The van der Waals surface area contributed by atoms with Crippen molar-refractivity contribution >= 4 is 20.2 Å². The van der Waals surface area contributed by atoms with Crippen LogP contribution in [-0.2, 0) is 0 Å². The molecule has 0 aromatic rings. The fourth-order valence-corrected chi connectivity index (χ4v) is 8.74. The van der Waals surface area contributed by atoms with E-state index in [9.17, 15) is 0 Å². The summed E-state index contributed by atoms with van der Waals surface area (Å²) in [6, 6.07) is 2.46. The molecule has 0 spiro atoms. The molecule has 0 aromatic heterocycles. The molecule has 13 heavy (non-hydrogen) atoms. The van der Waals surface area contributed by atoms with Crippen molar-refractivity contribution in [1.82, 2.24) is 0 Å². The van der Waals surface area contributed by atoms with Gasteiger partial charge in [-0.3, -0.25) is 0 Å². The van der Waals surface area contributed by atoms with Gasteiger partial charge < -0.3 is 0 Å². The van der Waals surface area contributed by atoms with Gasteiger partial charge in [0.05, 0.1) is 0 Å². The molecule has 0 aliphatic carbocycles. The van der Waals surface area contributed by atoms with Crippen LogP contribution >= 0.6 is 0 Å². The third-order valence-corrected chi connectivity index (χ3v) is 10.9. The van der Waals surface area contributed by atoms with E-state index in [1.807, 2.05) is 0 Å². The standard InChI is InChI=1S/2C4H9.C3H4N.Sb/c2*1-3-4-2;1-2-3-4;/h2*1,3-4H2,2H3;2H,1H3;. The maximum absolute atomic E-state index is 8.90. The van der Waals surface area contributed by atoms with Gasteiger partial charge in [0.15, 0.2) is 0 Å². The summed E-state index contributed by atoms with van der Waals surface area (Å²) < 4.78 is 3.28. The number of hydrogen-bond donors (Lipinski definition) is 0. The molecule has 0 rings (SSSR count). The molecule has 1 nitrogen and oxygen atoms in total. The SMILES string of the molecule is CCC[CH2][Sb]([CH2]CCC)[CH](C)C#N. The van der Waals surface area contributed by atoms with E-state index in [4.69, 9.17) is 5.26 Å². The van der Waals surface area contributed by atoms with Gasteiger partial charge >= 0.3 is 90.6 Å². The van der Waals surface area contributed by atoms with Crippen LogP contribution in [0, 0.1) is 11.3 Å². The quantitative estimate of drug-likeness (QED) is 0.650. The molecule has 0 N–H and O–H groups in total. The van der Waals surface area contributed by atoms with Gasteiger partial charge in [0, 0.05) is 0 Å². The van der Waals surface area contributed by atoms with Crippen LogP contribution in [0.2, 0.25) is 12.6 Å². The van der Waals surface area contributed by atoms with Crippen LogP contribution in [0.3, 0.4) is 0 Å². The first-order valence-corrected chi connectivity index (χ1v) is 10.5. The van der Waals surface area contributed by atoms with E-state index in [0.717, 1.165) is 0 Å². The van der Waals surface area contributed by atoms with Crippen LogP contribution in [0.1, 0.15) is 46.5 Å². The summed E-state index contributed by atoms with van der Waals surface area (Å²) in [5.74, 6) is 0. The van der Waals surface area contributed by atoms with E-state index in [1.165, 1.54) is 34.4 Å². The predicted octanol–water partition coefficient (Wildman–Crippen LogP) is 4.00. The van der Waals surface area contributed by atoms with Crippen molar-refractivity contribution in [3.8, 4) is 6.07 Å². The van der Waals surface area contributed by atoms with Gasteiger partial charge in [0.2, 0.25) is 0 Å².